The number of aromatic nitrogens is 1. The average Bonchev–Trinajstić information content (AvgIpc) is 2.54. The Morgan fingerprint density at radius 2 is 2.00 bits per heavy atom. The summed E-state index contributed by atoms with van der Waals surface area (Å²) in [6.45, 7) is 1.70. The number of hydrogen-bond acceptors (Lipinski definition) is 3. The van der Waals surface area contributed by atoms with Crippen LogP contribution in [0.1, 0.15) is 5.69 Å². The van der Waals surface area contributed by atoms with Gasteiger partial charge in [0.05, 0.1) is 0 Å². The van der Waals surface area contributed by atoms with Crippen LogP contribution in [0.2, 0.25) is 0 Å². The molecule has 0 radical (unpaired) electrons. The molecule has 1 aromatic carbocycles. The summed E-state index contributed by atoms with van der Waals surface area (Å²) in [6.07, 6.45) is 0. The van der Waals surface area contributed by atoms with E-state index in [1.165, 1.54) is 0 Å². The first-order chi connectivity index (χ1) is 7.06. The molecule has 0 spiro atoms. The predicted octanol–water partition coefficient (Wildman–Crippen LogP) is 0.628. The lowest BCUT2D eigenvalue weighted by molar-refractivity contribution is 0.584. The molecule has 4 N–H and O–H groups in total. The summed E-state index contributed by atoms with van der Waals surface area (Å²) < 4.78 is 23.3. The highest BCUT2D eigenvalue weighted by atomic mass is 32.2. The van der Waals surface area contributed by atoms with Gasteiger partial charge in [-0.15, -0.1) is 4.83 Å². The van der Waals surface area contributed by atoms with Gasteiger partial charge in [0.15, 0.2) is 0 Å². The average molecular weight is 225 g/mol. The number of nitrogens with one attached hydrogen (secondary N) is 2. The molecule has 0 saturated heterocycles. The van der Waals surface area contributed by atoms with Crippen molar-refractivity contribution in [1.82, 2.24) is 9.82 Å². The van der Waals surface area contributed by atoms with E-state index in [0.29, 0.717) is 11.1 Å². The van der Waals surface area contributed by atoms with E-state index in [1.807, 2.05) is 17.0 Å². The molecule has 0 aliphatic heterocycles. The fourth-order valence-electron chi connectivity index (χ4n) is 1.66. The lowest BCUT2D eigenvalue weighted by atomic mass is 10.2. The number of fused-ring (bicyclic) bond motifs is 1. The minimum atomic E-state index is -3.62. The van der Waals surface area contributed by atoms with E-state index in [1.54, 1.807) is 19.1 Å². The number of H-pyrrole nitrogens is 1. The molecule has 6 heteroatoms. The van der Waals surface area contributed by atoms with Gasteiger partial charge in [0.2, 0.25) is 0 Å². The minimum absolute atomic E-state index is 0.209. The van der Waals surface area contributed by atoms with Crippen LogP contribution in [0.3, 0.4) is 0 Å². The van der Waals surface area contributed by atoms with Gasteiger partial charge < -0.3 is 4.98 Å². The quantitative estimate of drug-likeness (QED) is 0.517. The van der Waals surface area contributed by atoms with Crippen molar-refractivity contribution in [3.63, 3.8) is 0 Å². The zero-order valence-electron chi connectivity index (χ0n) is 8.11. The van der Waals surface area contributed by atoms with E-state index in [2.05, 4.69) is 4.98 Å². The highest BCUT2D eigenvalue weighted by Gasteiger charge is 2.20. The number of aromatic amines is 1. The summed E-state index contributed by atoms with van der Waals surface area (Å²) in [7, 11) is -3.62. The molecule has 5 nitrogen and oxygen atoms in total. The smallest absolute Gasteiger partial charge is 0.255 e. The molecule has 0 aliphatic carbocycles. The number of sulfonamides is 1. The third kappa shape index (κ3) is 1.52. The Morgan fingerprint density at radius 3 is 2.67 bits per heavy atom. The van der Waals surface area contributed by atoms with Crippen molar-refractivity contribution in [3.05, 3.63) is 30.0 Å². The van der Waals surface area contributed by atoms with Crippen LogP contribution in [0, 0.1) is 6.92 Å². The van der Waals surface area contributed by atoms with Crippen molar-refractivity contribution in [3.8, 4) is 0 Å². The summed E-state index contributed by atoms with van der Waals surface area (Å²) >= 11 is 0. The molecule has 1 aromatic heterocycles. The Labute approximate surface area is 87.3 Å². The molecule has 0 aliphatic rings. The Bertz CT molecular complexity index is 601. The number of benzene rings is 1. The van der Waals surface area contributed by atoms with Gasteiger partial charge in [0.25, 0.3) is 10.0 Å². The van der Waals surface area contributed by atoms with Crippen LogP contribution in [0.25, 0.3) is 10.9 Å². The van der Waals surface area contributed by atoms with E-state index in [0.717, 1.165) is 5.52 Å². The summed E-state index contributed by atoms with van der Waals surface area (Å²) in [5.41, 5.74) is 1.36. The van der Waals surface area contributed by atoms with Crippen LogP contribution in [0.4, 0.5) is 0 Å². The van der Waals surface area contributed by atoms with Crippen molar-refractivity contribution in [1.29, 1.82) is 0 Å². The summed E-state index contributed by atoms with van der Waals surface area (Å²) in [6, 6.07) is 7.18. The Balaban J connectivity index is 2.87. The van der Waals surface area contributed by atoms with Gasteiger partial charge in [0.1, 0.15) is 4.90 Å². The third-order valence-electron chi connectivity index (χ3n) is 2.26. The molecule has 0 amide bonds. The molecule has 2 aromatic rings. The fraction of sp³-hybridized carbons (Fsp3) is 0.111. The molecule has 0 fully saturated rings. The van der Waals surface area contributed by atoms with Crippen LogP contribution in [-0.2, 0) is 10.0 Å². The van der Waals surface area contributed by atoms with Crippen LogP contribution in [0.5, 0.6) is 0 Å². The summed E-state index contributed by atoms with van der Waals surface area (Å²) in [5, 5.41) is 0.646. The van der Waals surface area contributed by atoms with Gasteiger partial charge in [-0.3, -0.25) is 5.84 Å². The van der Waals surface area contributed by atoms with Crippen molar-refractivity contribution in [2.45, 2.75) is 11.8 Å². The minimum Gasteiger partial charge on any atom is -0.357 e. The van der Waals surface area contributed by atoms with Gasteiger partial charge in [-0.2, -0.15) is 0 Å². The van der Waals surface area contributed by atoms with Crippen molar-refractivity contribution >= 4 is 20.9 Å². The van der Waals surface area contributed by atoms with Gasteiger partial charge in [0, 0.05) is 16.6 Å². The molecule has 0 unspecified atom stereocenters. The lowest BCUT2D eigenvalue weighted by Gasteiger charge is -2.01. The highest BCUT2D eigenvalue weighted by Crippen LogP contribution is 2.25. The molecule has 15 heavy (non-hydrogen) atoms. The zero-order chi connectivity index (χ0) is 11.1. The summed E-state index contributed by atoms with van der Waals surface area (Å²) in [4.78, 5) is 5.03. The molecular weight excluding hydrogens is 214 g/mol. The number of rotatable bonds is 2. The molecule has 0 saturated carbocycles. The predicted molar refractivity (Wildman–Crippen MR) is 57.5 cm³/mol. The molecule has 2 rings (SSSR count). The third-order valence-corrected chi connectivity index (χ3v) is 3.63. The number of para-hydroxylation sites is 1. The Hall–Kier alpha value is -1.37. The second-order valence-electron chi connectivity index (χ2n) is 3.25. The molecule has 0 bridgehead atoms. The first kappa shape index (κ1) is 10.2. The fourth-order valence-corrected chi connectivity index (χ4v) is 2.70. The van der Waals surface area contributed by atoms with Gasteiger partial charge in [-0.25, -0.2) is 8.42 Å². The van der Waals surface area contributed by atoms with Crippen molar-refractivity contribution < 1.29 is 8.42 Å². The van der Waals surface area contributed by atoms with Crippen molar-refractivity contribution in [2.75, 3.05) is 0 Å². The molecule has 0 atom stereocenters. The number of nitrogens with two attached hydrogens (primary N) is 1. The van der Waals surface area contributed by atoms with E-state index in [-0.39, 0.29) is 4.90 Å². The number of aryl methyl sites for hydroxylation is 1. The monoisotopic (exact) mass is 225 g/mol. The van der Waals surface area contributed by atoms with E-state index >= 15 is 0 Å². The normalized spacial score (nSPS) is 12.1. The van der Waals surface area contributed by atoms with E-state index < -0.39 is 10.0 Å². The standard InChI is InChI=1S/C9H11N3O2S/c1-6-9(15(13,14)12-10)7-4-2-3-5-8(7)11-6/h2-5,11-12H,10H2,1H3. The zero-order valence-corrected chi connectivity index (χ0v) is 8.93. The van der Waals surface area contributed by atoms with Crippen molar-refractivity contribution in [2.24, 2.45) is 5.84 Å². The SMILES string of the molecule is Cc1[nH]c2ccccc2c1S(=O)(=O)NN. The van der Waals surface area contributed by atoms with Crippen LogP contribution in [0.15, 0.2) is 29.2 Å². The molecule has 80 valence electrons. The molecular formula is C9H11N3O2S. The number of hydrogen-bond donors (Lipinski definition) is 3. The maximum absolute atomic E-state index is 11.6. The van der Waals surface area contributed by atoms with Crippen LogP contribution < -0.4 is 10.7 Å². The number of hydrazine groups is 1. The summed E-state index contributed by atoms with van der Waals surface area (Å²) in [5.74, 6) is 5.01. The van der Waals surface area contributed by atoms with Crippen LogP contribution in [-0.4, -0.2) is 13.4 Å². The second-order valence-corrected chi connectivity index (χ2v) is 4.90. The topological polar surface area (TPSA) is 88.0 Å². The maximum Gasteiger partial charge on any atom is 0.255 e. The van der Waals surface area contributed by atoms with Gasteiger partial charge in [-0.1, -0.05) is 18.2 Å². The van der Waals surface area contributed by atoms with E-state index in [9.17, 15) is 8.42 Å². The maximum atomic E-state index is 11.6. The Kier molecular flexibility index (Phi) is 2.26. The first-order valence-corrected chi connectivity index (χ1v) is 5.84. The van der Waals surface area contributed by atoms with Gasteiger partial charge >= 0.3 is 0 Å². The lowest BCUT2D eigenvalue weighted by Crippen LogP contribution is -2.30. The Morgan fingerprint density at radius 1 is 1.33 bits per heavy atom. The largest absolute Gasteiger partial charge is 0.357 e. The highest BCUT2D eigenvalue weighted by molar-refractivity contribution is 7.89. The van der Waals surface area contributed by atoms with E-state index in [4.69, 9.17) is 5.84 Å². The second kappa shape index (κ2) is 3.34. The first-order valence-electron chi connectivity index (χ1n) is 4.36. The molecule has 1 heterocycles. The van der Waals surface area contributed by atoms with Gasteiger partial charge in [-0.05, 0) is 13.0 Å². The van der Waals surface area contributed by atoms with Crippen LogP contribution >= 0.6 is 0 Å².